The van der Waals surface area contributed by atoms with E-state index in [0.717, 1.165) is 66.4 Å². The lowest BCUT2D eigenvalue weighted by molar-refractivity contribution is -0.116. The lowest BCUT2D eigenvalue weighted by atomic mass is 9.86. The average molecular weight is 524 g/mol. The van der Waals surface area contributed by atoms with Crippen molar-refractivity contribution in [3.63, 3.8) is 0 Å². The zero-order chi connectivity index (χ0) is 27.2. The zero-order valence-corrected chi connectivity index (χ0v) is 23.5. The van der Waals surface area contributed by atoms with E-state index < -0.39 is 5.92 Å². The van der Waals surface area contributed by atoms with Gasteiger partial charge < -0.3 is 10.2 Å². The van der Waals surface area contributed by atoms with Gasteiger partial charge in [-0.15, -0.1) is 0 Å². The minimum Gasteiger partial charge on any atom is -0.357 e. The fraction of sp³-hybridized carbons (Fsp3) is 0.424. The maximum Gasteiger partial charge on any atom is 0.236 e. The van der Waals surface area contributed by atoms with Crippen LogP contribution >= 0.6 is 0 Å². The van der Waals surface area contributed by atoms with E-state index in [1.807, 2.05) is 31.5 Å². The summed E-state index contributed by atoms with van der Waals surface area (Å²) >= 11 is 0. The summed E-state index contributed by atoms with van der Waals surface area (Å²) in [6, 6.07) is 12.5. The molecule has 2 aromatic heterocycles. The highest BCUT2D eigenvalue weighted by atomic mass is 16.1. The second kappa shape index (κ2) is 12.6. The Kier molecular flexibility index (Phi) is 8.72. The lowest BCUT2D eigenvalue weighted by Crippen LogP contribution is -2.30. The van der Waals surface area contributed by atoms with Crippen LogP contribution in [0.4, 0.5) is 11.5 Å². The molecule has 204 valence electrons. The maximum atomic E-state index is 13.6. The second-order valence-corrected chi connectivity index (χ2v) is 11.2. The lowest BCUT2D eigenvalue weighted by Gasteiger charge is -2.27. The van der Waals surface area contributed by atoms with Gasteiger partial charge in [0, 0.05) is 37.6 Å². The van der Waals surface area contributed by atoms with E-state index in [0.29, 0.717) is 5.69 Å². The third-order valence-electron chi connectivity index (χ3n) is 8.02. The molecule has 0 bridgehead atoms. The summed E-state index contributed by atoms with van der Waals surface area (Å²) in [5.74, 6) is 0.423. The molecule has 0 aliphatic carbocycles. The first-order chi connectivity index (χ1) is 19.0. The van der Waals surface area contributed by atoms with Crippen LogP contribution in [0.5, 0.6) is 0 Å². The predicted molar refractivity (Wildman–Crippen MR) is 160 cm³/mol. The van der Waals surface area contributed by atoms with E-state index in [4.69, 9.17) is 0 Å². The van der Waals surface area contributed by atoms with Crippen LogP contribution in [0.3, 0.4) is 0 Å². The molecule has 1 unspecified atom stereocenters. The van der Waals surface area contributed by atoms with Crippen LogP contribution < -0.4 is 10.2 Å². The van der Waals surface area contributed by atoms with Crippen LogP contribution in [-0.4, -0.2) is 47.0 Å². The van der Waals surface area contributed by atoms with Crippen molar-refractivity contribution in [2.45, 2.75) is 64.8 Å². The number of amides is 1. The highest BCUT2D eigenvalue weighted by Crippen LogP contribution is 2.32. The molecule has 0 spiro atoms. The van der Waals surface area contributed by atoms with Crippen molar-refractivity contribution in [2.24, 2.45) is 0 Å². The average Bonchev–Trinajstić information content (AvgIpc) is 2.95. The third kappa shape index (κ3) is 6.74. The number of anilines is 2. The number of aryl methyl sites for hydroxylation is 1. The van der Waals surface area contributed by atoms with E-state index in [1.54, 1.807) is 6.20 Å². The minimum absolute atomic E-state index is 0.0905. The first kappa shape index (κ1) is 27.1. The van der Waals surface area contributed by atoms with E-state index in [9.17, 15) is 4.79 Å². The molecular formula is C33H41N5O. The number of carbonyl (C=O) groups is 1. The van der Waals surface area contributed by atoms with E-state index >= 15 is 0 Å². The number of hydrogen-bond acceptors (Lipinski definition) is 5. The Labute approximate surface area is 233 Å². The summed E-state index contributed by atoms with van der Waals surface area (Å²) in [7, 11) is 0. The first-order valence-electron chi connectivity index (χ1n) is 14.4. The van der Waals surface area contributed by atoms with Gasteiger partial charge in [-0.3, -0.25) is 14.7 Å². The van der Waals surface area contributed by atoms with Gasteiger partial charge in [-0.1, -0.05) is 30.7 Å². The number of rotatable bonds is 8. The highest BCUT2D eigenvalue weighted by Gasteiger charge is 2.24. The first-order valence-corrected chi connectivity index (χ1v) is 14.4. The van der Waals surface area contributed by atoms with E-state index in [1.165, 1.54) is 44.1 Å². The number of nitrogens with zero attached hydrogens (tertiary/aromatic N) is 4. The fourth-order valence-corrected chi connectivity index (χ4v) is 5.85. The molecule has 2 saturated heterocycles. The molecule has 0 radical (unpaired) electrons. The normalized spacial score (nSPS) is 17.0. The van der Waals surface area contributed by atoms with Crippen molar-refractivity contribution >= 4 is 17.4 Å². The molecule has 6 nitrogen and oxygen atoms in total. The molecule has 1 amide bonds. The molecule has 3 aromatic rings. The van der Waals surface area contributed by atoms with Gasteiger partial charge in [-0.25, -0.2) is 4.98 Å². The summed E-state index contributed by atoms with van der Waals surface area (Å²) < 4.78 is 0. The Morgan fingerprint density at radius 1 is 0.923 bits per heavy atom. The van der Waals surface area contributed by atoms with Crippen LogP contribution in [-0.2, 0) is 11.3 Å². The molecule has 1 aromatic carbocycles. The molecule has 5 rings (SSSR count). The van der Waals surface area contributed by atoms with Crippen molar-refractivity contribution < 1.29 is 4.79 Å². The number of carbonyl (C=O) groups excluding carboxylic acids is 1. The summed E-state index contributed by atoms with van der Waals surface area (Å²) in [4.78, 5) is 27.6. The van der Waals surface area contributed by atoms with Gasteiger partial charge in [-0.2, -0.15) is 0 Å². The number of nitrogens with one attached hydrogen (secondary N) is 1. The van der Waals surface area contributed by atoms with Gasteiger partial charge in [0.05, 0.1) is 17.8 Å². The highest BCUT2D eigenvalue weighted by molar-refractivity contribution is 5.98. The van der Waals surface area contributed by atoms with E-state index in [-0.39, 0.29) is 5.91 Å². The van der Waals surface area contributed by atoms with Crippen LogP contribution in [0.25, 0.3) is 11.1 Å². The smallest absolute Gasteiger partial charge is 0.236 e. The Hall–Kier alpha value is -3.51. The number of piperidine rings is 2. The molecule has 2 fully saturated rings. The Morgan fingerprint density at radius 2 is 1.67 bits per heavy atom. The van der Waals surface area contributed by atoms with Gasteiger partial charge >= 0.3 is 0 Å². The van der Waals surface area contributed by atoms with Crippen molar-refractivity contribution in [3.05, 3.63) is 83.8 Å². The molecular weight excluding hydrogens is 482 g/mol. The van der Waals surface area contributed by atoms with Gasteiger partial charge in [0.15, 0.2) is 0 Å². The van der Waals surface area contributed by atoms with Crippen LogP contribution in [0, 0.1) is 6.92 Å². The fourth-order valence-electron chi connectivity index (χ4n) is 5.85. The second-order valence-electron chi connectivity index (χ2n) is 11.2. The quantitative estimate of drug-likeness (QED) is 0.332. The van der Waals surface area contributed by atoms with Crippen LogP contribution in [0.1, 0.15) is 68.1 Å². The van der Waals surface area contributed by atoms with Gasteiger partial charge in [0.2, 0.25) is 5.91 Å². The van der Waals surface area contributed by atoms with Crippen molar-refractivity contribution in [1.82, 2.24) is 14.9 Å². The van der Waals surface area contributed by atoms with Crippen molar-refractivity contribution in [2.75, 3.05) is 36.4 Å². The van der Waals surface area contributed by atoms with Gasteiger partial charge in [-0.05, 0) is 106 Å². The van der Waals surface area contributed by atoms with Crippen molar-refractivity contribution in [1.29, 1.82) is 0 Å². The number of pyridine rings is 2. The Balaban J connectivity index is 1.33. The Bertz CT molecular complexity index is 1290. The molecule has 1 atom stereocenters. The standard InChI is InChI=1S/C33H41N5O/c1-24(2)32(33(39)36-29-12-13-31(35-22-29)38-16-8-5-9-17-38)30-19-27(11-10-25(30)3)28-18-26(20-34-21-28)23-37-14-6-4-7-15-37/h10-13,18-22,32H,1,4-9,14-17,23H2,2-3H3,(H,36,39). The summed E-state index contributed by atoms with van der Waals surface area (Å²) in [5.41, 5.74) is 6.92. The number of hydrogen-bond donors (Lipinski definition) is 1. The largest absolute Gasteiger partial charge is 0.357 e. The molecule has 2 aliphatic heterocycles. The molecule has 4 heterocycles. The molecule has 0 saturated carbocycles. The summed E-state index contributed by atoms with van der Waals surface area (Å²) in [6.45, 7) is 13.5. The number of benzene rings is 1. The molecule has 39 heavy (non-hydrogen) atoms. The van der Waals surface area contributed by atoms with Crippen LogP contribution in [0.15, 0.2) is 67.1 Å². The summed E-state index contributed by atoms with van der Waals surface area (Å²) in [6.07, 6.45) is 13.2. The maximum absolute atomic E-state index is 13.6. The third-order valence-corrected chi connectivity index (χ3v) is 8.02. The predicted octanol–water partition coefficient (Wildman–Crippen LogP) is 6.73. The topological polar surface area (TPSA) is 61.4 Å². The van der Waals surface area contributed by atoms with E-state index in [2.05, 4.69) is 62.9 Å². The van der Waals surface area contributed by atoms with Gasteiger partial charge in [0.25, 0.3) is 0 Å². The monoisotopic (exact) mass is 523 g/mol. The SMILES string of the molecule is C=C(C)C(C(=O)Nc1ccc(N2CCCCC2)nc1)c1cc(-c2cncc(CN3CCCCC3)c2)ccc1C. The number of likely N-dealkylation sites (tertiary alicyclic amines) is 1. The molecule has 1 N–H and O–H groups in total. The van der Waals surface area contributed by atoms with Crippen LogP contribution in [0.2, 0.25) is 0 Å². The zero-order valence-electron chi connectivity index (χ0n) is 23.5. The molecule has 2 aliphatic rings. The Morgan fingerprint density at radius 3 is 2.36 bits per heavy atom. The molecule has 6 heteroatoms. The van der Waals surface area contributed by atoms with Gasteiger partial charge in [0.1, 0.15) is 5.82 Å². The summed E-state index contributed by atoms with van der Waals surface area (Å²) in [5, 5.41) is 3.09. The number of aromatic nitrogens is 2. The minimum atomic E-state index is -0.462. The van der Waals surface area contributed by atoms with Crippen molar-refractivity contribution in [3.8, 4) is 11.1 Å².